The highest BCUT2D eigenvalue weighted by atomic mass is 16.5. The number of hydrogen-bond donors (Lipinski definition) is 1. The van der Waals surface area contributed by atoms with Crippen molar-refractivity contribution in [2.45, 2.75) is 195 Å². The highest BCUT2D eigenvalue weighted by Gasteiger charge is 2.47. The SMILES string of the molecule is CN(C)CCN(C)c1ccc2nc(C3(C)CC3)nc(N3CCC(c4ccccc4N(C)C)CC3)c2c1.CN(C)c1ccccc1C1CCN(c2nc(C3(C)CC3)nc3ccc(N(C)CCN4CCCC4)cc23)CC1.CN(C)c1ccccc1C1CCN(c2nc(C3(C)CC3)nc3ccc(N(C)CCN4CCOCC4)cc23)CC1.CN(CCO)c1ccc2nc(C3(C)CC3)nc(N3CCC(c4ccccc4N4CCC4)CC3)c2c1. The number of likely N-dealkylation sites (tertiary alicyclic amines) is 1. The first-order valence-corrected chi connectivity index (χ1v) is 56.2. The Morgan fingerprint density at radius 3 is 0.865 bits per heavy atom. The van der Waals surface area contributed by atoms with Crippen LogP contribution in [0.2, 0.25) is 0 Å². The molecule has 4 aromatic heterocycles. The largest absolute Gasteiger partial charge is 0.395 e. The molecule has 4 saturated carbocycles. The molecule has 7 saturated heterocycles. The van der Waals surface area contributed by atoms with Crippen LogP contribution in [0.5, 0.6) is 0 Å². The predicted molar refractivity (Wildman–Crippen MR) is 618 cm³/mol. The van der Waals surface area contributed by atoms with Crippen molar-refractivity contribution < 1.29 is 9.84 Å². The summed E-state index contributed by atoms with van der Waals surface area (Å²) in [7, 11) is 25.8. The number of fused-ring (bicyclic) bond motifs is 4. The first-order valence-electron chi connectivity index (χ1n) is 56.2. The number of piperidine rings is 4. The molecule has 0 amide bonds. The molecular formula is C123H167N23O2. The summed E-state index contributed by atoms with van der Waals surface area (Å²) >= 11 is 0. The molecule has 0 bridgehead atoms. The fourth-order valence-electron chi connectivity index (χ4n) is 23.5. The number of morpholine rings is 1. The van der Waals surface area contributed by atoms with E-state index in [2.05, 4.69) is 349 Å². The monoisotopic (exact) mass is 2000 g/mol. The Balaban J connectivity index is 0.000000120. The molecule has 786 valence electrons. The Bertz CT molecular complexity index is 6540. The van der Waals surface area contributed by atoms with Gasteiger partial charge in [0.2, 0.25) is 0 Å². The van der Waals surface area contributed by atoms with Crippen LogP contribution in [0.4, 0.5) is 68.8 Å². The van der Waals surface area contributed by atoms with Gasteiger partial charge in [0, 0.05) is 284 Å². The lowest BCUT2D eigenvalue weighted by atomic mass is 9.87. The molecule has 25 heteroatoms. The van der Waals surface area contributed by atoms with Crippen LogP contribution in [0.15, 0.2) is 170 Å². The molecule has 23 rings (SSSR count). The third-order valence-electron chi connectivity index (χ3n) is 35.0. The van der Waals surface area contributed by atoms with Crippen LogP contribution in [0, 0.1) is 0 Å². The summed E-state index contributed by atoms with van der Waals surface area (Å²) in [5, 5.41) is 14.1. The van der Waals surface area contributed by atoms with E-state index in [0.717, 1.165) is 249 Å². The van der Waals surface area contributed by atoms with E-state index in [0.29, 0.717) is 30.2 Å². The average Bonchev–Trinajstić information content (AvgIpc) is 1.60. The number of anilines is 12. The van der Waals surface area contributed by atoms with Crippen LogP contribution < -0.4 is 58.8 Å². The lowest BCUT2D eigenvalue weighted by Gasteiger charge is -2.39. The van der Waals surface area contributed by atoms with Crippen LogP contribution in [0.3, 0.4) is 0 Å². The molecule has 0 spiro atoms. The zero-order valence-corrected chi connectivity index (χ0v) is 92.0. The van der Waals surface area contributed by atoms with Crippen LogP contribution >= 0.6 is 0 Å². The quantitative estimate of drug-likeness (QED) is 0.0433. The number of para-hydroxylation sites is 4. The number of hydrogen-bond acceptors (Lipinski definition) is 25. The average molecular weight is 2000 g/mol. The Hall–Kier alpha value is -11.5. The van der Waals surface area contributed by atoms with Gasteiger partial charge in [-0.15, -0.1) is 0 Å². The maximum absolute atomic E-state index is 9.42. The van der Waals surface area contributed by atoms with Crippen LogP contribution in [-0.2, 0) is 26.4 Å². The van der Waals surface area contributed by atoms with Crippen molar-refractivity contribution in [2.24, 2.45) is 0 Å². The smallest absolute Gasteiger partial charge is 0.140 e. The van der Waals surface area contributed by atoms with E-state index in [1.54, 1.807) is 0 Å². The van der Waals surface area contributed by atoms with Gasteiger partial charge >= 0.3 is 0 Å². The summed E-state index contributed by atoms with van der Waals surface area (Å²) in [5.41, 5.74) is 21.1. The van der Waals surface area contributed by atoms with Gasteiger partial charge in [0.25, 0.3) is 0 Å². The van der Waals surface area contributed by atoms with Crippen LogP contribution in [-0.4, -0.2) is 302 Å². The lowest BCUT2D eigenvalue weighted by Crippen LogP contribution is -2.40. The minimum atomic E-state index is 0.129. The first kappa shape index (κ1) is 104. The fraction of sp³-hybridized carbons (Fsp3) is 0.545. The Labute approximate surface area is 882 Å². The number of nitrogens with zero attached hydrogens (tertiary/aromatic N) is 23. The molecule has 0 unspecified atom stereocenters. The lowest BCUT2D eigenvalue weighted by molar-refractivity contribution is 0.0393. The highest BCUT2D eigenvalue weighted by Crippen LogP contribution is 2.53. The van der Waals surface area contributed by atoms with E-state index in [1.807, 2.05) is 7.05 Å². The summed E-state index contributed by atoms with van der Waals surface area (Å²) < 4.78 is 5.52. The number of benzene rings is 8. The molecule has 0 atom stereocenters. The van der Waals surface area contributed by atoms with E-state index < -0.39 is 0 Å². The molecule has 12 aromatic rings. The second-order valence-electron chi connectivity index (χ2n) is 47.1. The third kappa shape index (κ3) is 23.5. The van der Waals surface area contributed by atoms with Gasteiger partial charge in [0.1, 0.15) is 46.6 Å². The van der Waals surface area contributed by atoms with Crippen molar-refractivity contribution in [3.05, 3.63) is 215 Å². The summed E-state index contributed by atoms with van der Waals surface area (Å²) in [6.45, 7) is 33.0. The van der Waals surface area contributed by atoms with Crippen molar-refractivity contribution in [2.75, 3.05) is 301 Å². The van der Waals surface area contributed by atoms with Gasteiger partial charge in [-0.3, -0.25) is 4.90 Å². The maximum atomic E-state index is 9.42. The number of rotatable bonds is 31. The van der Waals surface area contributed by atoms with Gasteiger partial charge < -0.3 is 78.4 Å². The summed E-state index contributed by atoms with van der Waals surface area (Å²) in [6.07, 6.45) is 22.6. The standard InChI is InChI=1S/C32H44N6O.C32H44N6.C30H42N6.C29H37N5O/c1-32(13-14-32)31-33-28-10-9-25(36(4)17-18-37-19-21-39-22-20-37)23-27(28)30(34-31)38-15-11-24(12-16-38)26-7-5-6-8-29(26)35(2)3;1-32(15-16-32)31-33-28-12-11-25(36(4)21-22-37-17-7-8-18-37)23-27(28)30(34-31)38-19-13-24(14-20-38)26-9-5-6-10-29(26)35(2)3;1-30(15-16-30)29-31-26-12-11-23(35(6)20-19-33(2)3)21-25(26)28(32-29)36-17-13-22(14-18-36)24-9-7-8-10-27(24)34(4)5;1-29(12-13-29)28-30-25-9-8-22(32(2)18-19-35)20-24(25)27(31-28)34-16-10-21(11-17-34)23-6-3-4-7-26(23)33-14-5-15-33/h5-10,23-24H,11-22H2,1-4H3;5-6,9-12,23-24H,7-8,13-22H2,1-4H3;7-12,21-22H,13-20H2,1-6H3;3-4,6-9,20-21,35H,5,10-19H2,1-2H3. The molecular weight excluding hydrogens is 1830 g/mol. The number of aliphatic hydroxyl groups is 1. The summed E-state index contributed by atoms with van der Waals surface area (Å²) in [6, 6.07) is 62.6. The molecule has 4 aliphatic carbocycles. The molecule has 0 radical (unpaired) electrons. The van der Waals surface area contributed by atoms with Crippen molar-refractivity contribution in [1.82, 2.24) is 54.6 Å². The Morgan fingerprint density at radius 2 is 0.574 bits per heavy atom. The van der Waals surface area contributed by atoms with Crippen molar-refractivity contribution >= 4 is 112 Å². The molecule has 11 fully saturated rings. The van der Waals surface area contributed by atoms with Gasteiger partial charge in [-0.1, -0.05) is 100 Å². The third-order valence-corrected chi connectivity index (χ3v) is 35.0. The van der Waals surface area contributed by atoms with E-state index >= 15 is 0 Å². The predicted octanol–water partition coefficient (Wildman–Crippen LogP) is 20.4. The van der Waals surface area contributed by atoms with Crippen LogP contribution in [0.25, 0.3) is 43.6 Å². The van der Waals surface area contributed by atoms with Gasteiger partial charge in [-0.2, -0.15) is 0 Å². The molecule has 25 nitrogen and oxygen atoms in total. The molecule has 1 N–H and O–H groups in total. The van der Waals surface area contributed by atoms with E-state index in [9.17, 15) is 5.11 Å². The van der Waals surface area contributed by atoms with E-state index in [1.165, 1.54) is 175 Å². The second kappa shape index (κ2) is 45.0. The van der Waals surface area contributed by atoms with Crippen molar-refractivity contribution in [3.8, 4) is 0 Å². The van der Waals surface area contributed by atoms with Gasteiger partial charge in [0.15, 0.2) is 0 Å². The first-order chi connectivity index (χ1) is 71.6. The van der Waals surface area contributed by atoms with Crippen molar-refractivity contribution in [1.29, 1.82) is 0 Å². The van der Waals surface area contributed by atoms with E-state index in [4.69, 9.17) is 44.6 Å². The minimum absolute atomic E-state index is 0.129. The zero-order chi connectivity index (χ0) is 103. The van der Waals surface area contributed by atoms with E-state index in [-0.39, 0.29) is 28.3 Å². The zero-order valence-electron chi connectivity index (χ0n) is 92.0. The van der Waals surface area contributed by atoms with Gasteiger partial charge in [0.05, 0.1) is 41.9 Å². The topological polar surface area (TPSA) is 181 Å². The maximum Gasteiger partial charge on any atom is 0.140 e. The molecule has 148 heavy (non-hydrogen) atoms. The summed E-state index contributed by atoms with van der Waals surface area (Å²) in [4.78, 5) is 77.2. The van der Waals surface area contributed by atoms with Gasteiger partial charge in [-0.25, -0.2) is 39.9 Å². The Kier molecular flexibility index (Phi) is 31.5. The number of aliphatic hydroxyl groups excluding tert-OH is 1. The number of likely N-dealkylation sites (N-methyl/N-ethyl adjacent to an activating group) is 5. The Morgan fingerprint density at radius 1 is 0.291 bits per heavy atom. The molecule has 7 aliphatic heterocycles. The molecule has 11 aliphatic rings. The summed E-state index contributed by atoms with van der Waals surface area (Å²) in [5.74, 6) is 10.9. The second-order valence-corrected chi connectivity index (χ2v) is 47.1. The fourth-order valence-corrected chi connectivity index (χ4v) is 23.5. The normalized spacial score (nSPS) is 19.2. The minimum Gasteiger partial charge on any atom is -0.395 e. The van der Waals surface area contributed by atoms with Crippen molar-refractivity contribution in [3.63, 3.8) is 0 Å². The number of aromatic nitrogens is 8. The highest BCUT2D eigenvalue weighted by molar-refractivity contribution is 5.96. The number of ether oxygens (including phenoxy) is 1. The molecule has 11 heterocycles. The van der Waals surface area contributed by atoms with Crippen LogP contribution in [0.1, 0.15) is 219 Å². The molecule has 8 aromatic carbocycles. The van der Waals surface area contributed by atoms with Gasteiger partial charge in [-0.05, 0) is 292 Å².